The molecule has 0 N–H and O–H groups in total. The highest BCUT2D eigenvalue weighted by molar-refractivity contribution is 5.94. The highest BCUT2D eigenvalue weighted by atomic mass is 16.4. The van der Waals surface area contributed by atoms with Crippen LogP contribution in [0, 0.1) is 0 Å². The molecule has 0 bridgehead atoms. The molecule has 1 aromatic carbocycles. The first kappa shape index (κ1) is 17.4. The van der Waals surface area contributed by atoms with Crippen LogP contribution >= 0.6 is 0 Å². The van der Waals surface area contributed by atoms with E-state index < -0.39 is 0 Å². The molecule has 5 nitrogen and oxygen atoms in total. The topological polar surface area (TPSA) is 53.8 Å². The third kappa shape index (κ3) is 3.99. The number of carbonyl (C=O) groups is 2. The zero-order valence-corrected chi connectivity index (χ0v) is 14.8. The van der Waals surface area contributed by atoms with Gasteiger partial charge in [0.1, 0.15) is 5.76 Å². The maximum Gasteiger partial charge on any atom is 0.289 e. The normalized spacial score (nSPS) is 15.4. The van der Waals surface area contributed by atoms with Crippen LogP contribution in [0.15, 0.2) is 40.8 Å². The second-order valence-corrected chi connectivity index (χ2v) is 6.43. The summed E-state index contributed by atoms with van der Waals surface area (Å²) in [5.74, 6) is 0.990. The van der Waals surface area contributed by atoms with Crippen molar-refractivity contribution in [2.75, 3.05) is 32.7 Å². The van der Waals surface area contributed by atoms with E-state index >= 15 is 0 Å². The van der Waals surface area contributed by atoms with Gasteiger partial charge in [0, 0.05) is 37.3 Å². The minimum absolute atomic E-state index is 0.0316. The van der Waals surface area contributed by atoms with Crippen LogP contribution in [0.5, 0.6) is 0 Å². The monoisotopic (exact) mass is 340 g/mol. The van der Waals surface area contributed by atoms with E-state index in [1.165, 1.54) is 0 Å². The summed E-state index contributed by atoms with van der Waals surface area (Å²) in [6.07, 6.45) is 1.14. The number of hydrogen-bond acceptors (Lipinski definition) is 4. The first-order valence-corrected chi connectivity index (χ1v) is 8.81. The van der Waals surface area contributed by atoms with E-state index in [4.69, 9.17) is 4.42 Å². The van der Waals surface area contributed by atoms with Crippen LogP contribution in [0.2, 0.25) is 0 Å². The van der Waals surface area contributed by atoms with Crippen molar-refractivity contribution < 1.29 is 14.0 Å². The smallest absolute Gasteiger partial charge is 0.289 e. The Morgan fingerprint density at radius 3 is 2.28 bits per heavy atom. The lowest BCUT2D eigenvalue weighted by Crippen LogP contribution is -2.48. The summed E-state index contributed by atoms with van der Waals surface area (Å²) in [5.41, 5.74) is 1.52. The summed E-state index contributed by atoms with van der Waals surface area (Å²) in [7, 11) is 0. The Labute approximate surface area is 148 Å². The summed E-state index contributed by atoms with van der Waals surface area (Å²) in [5, 5.41) is 0. The summed E-state index contributed by atoms with van der Waals surface area (Å²) in [6.45, 7) is 8.11. The maximum atomic E-state index is 12.6. The van der Waals surface area contributed by atoms with E-state index in [9.17, 15) is 9.59 Å². The second-order valence-electron chi connectivity index (χ2n) is 6.43. The third-order valence-electron chi connectivity index (χ3n) is 4.59. The summed E-state index contributed by atoms with van der Waals surface area (Å²) in [4.78, 5) is 28.2. The molecule has 1 amide bonds. The predicted octanol–water partition coefficient (Wildman–Crippen LogP) is 3.32. The zero-order chi connectivity index (χ0) is 17.8. The largest absolute Gasteiger partial charge is 0.451 e. The number of ketones is 1. The molecule has 1 aliphatic rings. The van der Waals surface area contributed by atoms with Crippen LogP contribution in [0.3, 0.4) is 0 Å². The first-order valence-electron chi connectivity index (χ1n) is 8.81. The summed E-state index contributed by atoms with van der Waals surface area (Å²) < 4.78 is 5.77. The van der Waals surface area contributed by atoms with Crippen molar-refractivity contribution in [1.29, 1.82) is 0 Å². The third-order valence-corrected chi connectivity index (χ3v) is 4.59. The number of rotatable bonds is 5. The zero-order valence-electron chi connectivity index (χ0n) is 14.8. The van der Waals surface area contributed by atoms with E-state index in [-0.39, 0.29) is 11.7 Å². The highest BCUT2D eigenvalue weighted by Crippen LogP contribution is 2.24. The van der Waals surface area contributed by atoms with Crippen molar-refractivity contribution in [3.63, 3.8) is 0 Å². The fraction of sp³-hybridized carbons (Fsp3) is 0.400. The minimum atomic E-state index is -0.0530. The molecule has 5 heteroatoms. The quantitative estimate of drug-likeness (QED) is 0.784. The van der Waals surface area contributed by atoms with Gasteiger partial charge in [0.25, 0.3) is 5.91 Å². The Morgan fingerprint density at radius 2 is 1.68 bits per heavy atom. The number of amides is 1. The molecule has 0 saturated carbocycles. The Bertz CT molecular complexity index is 741. The van der Waals surface area contributed by atoms with Gasteiger partial charge >= 0.3 is 0 Å². The van der Waals surface area contributed by atoms with E-state index in [0.717, 1.165) is 44.7 Å². The van der Waals surface area contributed by atoms with Gasteiger partial charge in [-0.05, 0) is 32.0 Å². The Hall–Kier alpha value is -2.40. The lowest BCUT2D eigenvalue weighted by molar-refractivity contribution is 0.0607. The molecule has 0 spiro atoms. The molecule has 132 valence electrons. The van der Waals surface area contributed by atoms with E-state index in [2.05, 4.69) is 11.8 Å². The molecule has 3 rings (SSSR count). The number of piperazine rings is 1. The minimum Gasteiger partial charge on any atom is -0.451 e. The molecule has 1 aliphatic heterocycles. The van der Waals surface area contributed by atoms with Crippen LogP contribution in [-0.4, -0.2) is 54.2 Å². The van der Waals surface area contributed by atoms with Crippen molar-refractivity contribution >= 4 is 11.7 Å². The molecule has 2 heterocycles. The molecule has 0 radical (unpaired) electrons. The van der Waals surface area contributed by atoms with Crippen molar-refractivity contribution in [2.24, 2.45) is 0 Å². The Kier molecular flexibility index (Phi) is 5.34. The molecule has 1 aromatic heterocycles. The van der Waals surface area contributed by atoms with Gasteiger partial charge in [-0.1, -0.05) is 31.2 Å². The SMILES string of the molecule is CCCN1CCN(C(=O)c2ccc(-c3ccc(C(C)=O)cc3)o2)CC1. The molecule has 1 saturated heterocycles. The molecule has 0 atom stereocenters. The van der Waals surface area contributed by atoms with Crippen molar-refractivity contribution in [1.82, 2.24) is 9.80 Å². The Balaban J connectivity index is 1.67. The predicted molar refractivity (Wildman–Crippen MR) is 96.8 cm³/mol. The fourth-order valence-electron chi connectivity index (χ4n) is 3.12. The molecular weight excluding hydrogens is 316 g/mol. The average Bonchev–Trinajstić information content (AvgIpc) is 3.12. The van der Waals surface area contributed by atoms with Gasteiger partial charge in [-0.3, -0.25) is 14.5 Å². The van der Waals surface area contributed by atoms with Crippen molar-refractivity contribution in [3.05, 3.63) is 47.7 Å². The molecule has 0 unspecified atom stereocenters. The first-order chi connectivity index (χ1) is 12.1. The van der Waals surface area contributed by atoms with Crippen LogP contribution in [-0.2, 0) is 0 Å². The molecule has 2 aromatic rings. The van der Waals surface area contributed by atoms with E-state index in [1.807, 2.05) is 23.1 Å². The lowest BCUT2D eigenvalue weighted by Gasteiger charge is -2.34. The van der Waals surface area contributed by atoms with Gasteiger partial charge in [-0.15, -0.1) is 0 Å². The molecule has 1 fully saturated rings. The summed E-state index contributed by atoms with van der Waals surface area (Å²) in [6, 6.07) is 10.8. The van der Waals surface area contributed by atoms with Gasteiger partial charge in [0.05, 0.1) is 0 Å². The van der Waals surface area contributed by atoms with Gasteiger partial charge in [0.15, 0.2) is 11.5 Å². The van der Waals surface area contributed by atoms with Gasteiger partial charge in [0.2, 0.25) is 0 Å². The number of Topliss-reactive ketones (excluding diaryl/α,β-unsaturated/α-hetero) is 1. The van der Waals surface area contributed by atoms with Crippen LogP contribution < -0.4 is 0 Å². The van der Waals surface area contributed by atoms with Crippen LogP contribution in [0.4, 0.5) is 0 Å². The molecule has 25 heavy (non-hydrogen) atoms. The average molecular weight is 340 g/mol. The molecule has 0 aliphatic carbocycles. The van der Waals surface area contributed by atoms with E-state index in [1.54, 1.807) is 25.1 Å². The van der Waals surface area contributed by atoms with Crippen molar-refractivity contribution in [2.45, 2.75) is 20.3 Å². The maximum absolute atomic E-state index is 12.6. The van der Waals surface area contributed by atoms with Gasteiger partial charge in [-0.2, -0.15) is 0 Å². The standard InChI is InChI=1S/C20H24N2O3/c1-3-10-21-11-13-22(14-12-21)20(24)19-9-8-18(25-19)17-6-4-16(5-7-17)15(2)23/h4-9H,3,10-14H2,1-2H3. The van der Waals surface area contributed by atoms with Crippen LogP contribution in [0.1, 0.15) is 41.2 Å². The Morgan fingerprint density at radius 1 is 1.00 bits per heavy atom. The fourth-order valence-corrected chi connectivity index (χ4v) is 3.12. The highest BCUT2D eigenvalue weighted by Gasteiger charge is 2.24. The van der Waals surface area contributed by atoms with Gasteiger partial charge < -0.3 is 9.32 Å². The number of carbonyl (C=O) groups excluding carboxylic acids is 2. The van der Waals surface area contributed by atoms with Crippen LogP contribution in [0.25, 0.3) is 11.3 Å². The number of nitrogens with zero attached hydrogens (tertiary/aromatic N) is 2. The summed E-state index contributed by atoms with van der Waals surface area (Å²) >= 11 is 0. The number of furan rings is 1. The van der Waals surface area contributed by atoms with E-state index in [0.29, 0.717) is 17.1 Å². The molecular formula is C20H24N2O3. The van der Waals surface area contributed by atoms with Gasteiger partial charge in [-0.25, -0.2) is 0 Å². The lowest BCUT2D eigenvalue weighted by atomic mass is 10.1. The van der Waals surface area contributed by atoms with Crippen molar-refractivity contribution in [3.8, 4) is 11.3 Å². The second kappa shape index (κ2) is 7.66. The number of hydrogen-bond donors (Lipinski definition) is 0. The number of benzene rings is 1.